The summed E-state index contributed by atoms with van der Waals surface area (Å²) in [7, 11) is 0. The lowest BCUT2D eigenvalue weighted by Crippen LogP contribution is -2.14. The molecule has 0 aliphatic heterocycles. The number of carbonyl (C=O) groups excluding carboxylic acids is 1. The molecule has 0 atom stereocenters. The summed E-state index contributed by atoms with van der Waals surface area (Å²) in [5.41, 5.74) is 2.81. The number of nitro groups is 1. The maximum Gasteiger partial charge on any atom is 0.293 e. The average molecular weight is 444 g/mol. The van der Waals surface area contributed by atoms with E-state index in [1.807, 2.05) is 25.1 Å². The number of nitrogens with zero attached hydrogens (tertiary/aromatic N) is 1. The third-order valence-corrected chi connectivity index (χ3v) is 5.31. The molecule has 1 amide bonds. The highest BCUT2D eigenvalue weighted by Crippen LogP contribution is 2.28. The first-order valence-corrected chi connectivity index (χ1v) is 10.00. The van der Waals surface area contributed by atoms with Crippen LogP contribution >= 0.6 is 23.2 Å². The van der Waals surface area contributed by atoms with E-state index >= 15 is 0 Å². The topological polar surface area (TPSA) is 84.3 Å². The number of rotatable bonds is 7. The molecule has 8 heteroatoms. The molecule has 0 saturated carbocycles. The fourth-order valence-corrected chi connectivity index (χ4v) is 3.29. The Hall–Kier alpha value is -3.09. The zero-order valence-corrected chi connectivity index (χ0v) is 17.6. The van der Waals surface area contributed by atoms with Crippen LogP contribution in [0.5, 0.6) is 0 Å². The Morgan fingerprint density at radius 2 is 1.77 bits per heavy atom. The molecular formula is C22H19Cl2N3O3. The van der Waals surface area contributed by atoms with Gasteiger partial charge in [-0.1, -0.05) is 54.4 Å². The molecule has 0 fully saturated rings. The third kappa shape index (κ3) is 5.09. The molecule has 0 heterocycles. The fourth-order valence-electron chi connectivity index (χ4n) is 2.97. The van der Waals surface area contributed by atoms with Crippen molar-refractivity contribution in [3.05, 3.63) is 97.5 Å². The normalized spacial score (nSPS) is 10.5. The van der Waals surface area contributed by atoms with Gasteiger partial charge in [0.25, 0.3) is 11.6 Å². The van der Waals surface area contributed by atoms with Crippen molar-refractivity contribution < 1.29 is 9.72 Å². The predicted octanol–water partition coefficient (Wildman–Crippen LogP) is 6.33. The third-order valence-electron chi connectivity index (χ3n) is 4.57. The van der Waals surface area contributed by atoms with Gasteiger partial charge in [0.05, 0.1) is 15.0 Å². The molecule has 3 aromatic rings. The van der Waals surface area contributed by atoms with Gasteiger partial charge in [-0.15, -0.1) is 0 Å². The number of para-hydroxylation sites is 1. The number of aryl methyl sites for hydroxylation is 1. The Morgan fingerprint density at radius 1 is 1.00 bits per heavy atom. The van der Waals surface area contributed by atoms with Gasteiger partial charge in [0.1, 0.15) is 5.69 Å². The first-order chi connectivity index (χ1) is 14.4. The molecule has 0 saturated heterocycles. The Kier molecular flexibility index (Phi) is 6.92. The summed E-state index contributed by atoms with van der Waals surface area (Å²) in [6, 6.07) is 16.9. The second kappa shape index (κ2) is 9.61. The van der Waals surface area contributed by atoms with Gasteiger partial charge < -0.3 is 10.6 Å². The fraction of sp³-hybridized carbons (Fsp3) is 0.136. The van der Waals surface area contributed by atoms with Gasteiger partial charge >= 0.3 is 0 Å². The molecule has 3 rings (SSSR count). The summed E-state index contributed by atoms with van der Waals surface area (Å²) in [5.74, 6) is -0.407. The number of halogens is 2. The Bertz CT molecular complexity index is 1100. The van der Waals surface area contributed by atoms with E-state index in [4.69, 9.17) is 23.2 Å². The minimum Gasteiger partial charge on any atom is -0.375 e. The van der Waals surface area contributed by atoms with Gasteiger partial charge in [-0.25, -0.2) is 0 Å². The van der Waals surface area contributed by atoms with Crippen molar-refractivity contribution in [2.75, 3.05) is 10.6 Å². The molecule has 3 aromatic carbocycles. The van der Waals surface area contributed by atoms with Crippen LogP contribution in [-0.4, -0.2) is 10.8 Å². The van der Waals surface area contributed by atoms with E-state index in [1.54, 1.807) is 30.3 Å². The number of hydrogen-bond donors (Lipinski definition) is 2. The van der Waals surface area contributed by atoms with E-state index in [-0.39, 0.29) is 11.3 Å². The van der Waals surface area contributed by atoms with Gasteiger partial charge in [-0.2, -0.15) is 0 Å². The predicted molar refractivity (Wildman–Crippen MR) is 121 cm³/mol. The van der Waals surface area contributed by atoms with Crippen molar-refractivity contribution in [2.45, 2.75) is 19.9 Å². The van der Waals surface area contributed by atoms with E-state index in [0.717, 1.165) is 17.5 Å². The Labute approximate surface area is 184 Å². The zero-order valence-electron chi connectivity index (χ0n) is 16.1. The quantitative estimate of drug-likeness (QED) is 0.330. The van der Waals surface area contributed by atoms with Gasteiger partial charge in [0, 0.05) is 23.9 Å². The second-order valence-corrected chi connectivity index (χ2v) is 7.37. The van der Waals surface area contributed by atoms with Crippen LogP contribution in [0.25, 0.3) is 0 Å². The monoisotopic (exact) mass is 443 g/mol. The number of hydrogen-bond acceptors (Lipinski definition) is 4. The molecule has 2 N–H and O–H groups in total. The number of nitro benzene ring substituents is 1. The molecule has 154 valence electrons. The van der Waals surface area contributed by atoms with Crippen molar-refractivity contribution in [3.8, 4) is 0 Å². The number of nitrogens with one attached hydrogen (secondary N) is 2. The smallest absolute Gasteiger partial charge is 0.293 e. The van der Waals surface area contributed by atoms with E-state index < -0.39 is 10.8 Å². The molecule has 0 aliphatic carbocycles. The van der Waals surface area contributed by atoms with E-state index in [0.29, 0.717) is 28.0 Å². The lowest BCUT2D eigenvalue weighted by molar-refractivity contribution is -0.384. The van der Waals surface area contributed by atoms with Crippen LogP contribution in [0.1, 0.15) is 28.4 Å². The summed E-state index contributed by atoms with van der Waals surface area (Å²) < 4.78 is 0. The van der Waals surface area contributed by atoms with Crippen LogP contribution in [0.2, 0.25) is 10.0 Å². The van der Waals surface area contributed by atoms with Crippen molar-refractivity contribution >= 4 is 46.2 Å². The number of amides is 1. The standard InChI is InChI=1S/C22H19Cl2N3O3/c1-2-15-5-3-4-6-19(15)26-22(28)16-8-10-20(21(12-16)27(29)30)25-13-14-7-9-17(23)18(24)11-14/h3-12,25H,2,13H2,1H3,(H,26,28). The summed E-state index contributed by atoms with van der Waals surface area (Å²) in [6.07, 6.45) is 0.758. The molecule has 0 radical (unpaired) electrons. The lowest BCUT2D eigenvalue weighted by Gasteiger charge is -2.11. The van der Waals surface area contributed by atoms with Crippen LogP contribution < -0.4 is 10.6 Å². The van der Waals surface area contributed by atoms with Crippen LogP contribution in [0.3, 0.4) is 0 Å². The Balaban J connectivity index is 1.79. The summed E-state index contributed by atoms with van der Waals surface area (Å²) in [4.78, 5) is 23.7. The molecule has 30 heavy (non-hydrogen) atoms. The van der Waals surface area contributed by atoms with Crippen LogP contribution in [0.4, 0.5) is 17.1 Å². The maximum atomic E-state index is 12.6. The highest BCUT2D eigenvalue weighted by molar-refractivity contribution is 6.42. The van der Waals surface area contributed by atoms with Crippen molar-refractivity contribution in [1.29, 1.82) is 0 Å². The minimum absolute atomic E-state index is 0.188. The average Bonchev–Trinajstić information content (AvgIpc) is 2.74. The van der Waals surface area contributed by atoms with Crippen LogP contribution in [0.15, 0.2) is 60.7 Å². The molecule has 6 nitrogen and oxygen atoms in total. The first kappa shape index (κ1) is 21.6. The van der Waals surface area contributed by atoms with Gasteiger partial charge in [0.15, 0.2) is 0 Å². The second-order valence-electron chi connectivity index (χ2n) is 6.56. The summed E-state index contributed by atoms with van der Waals surface area (Å²) >= 11 is 11.9. The first-order valence-electron chi connectivity index (χ1n) is 9.24. The number of carbonyl (C=O) groups is 1. The molecule has 0 spiro atoms. The van der Waals surface area contributed by atoms with Crippen LogP contribution in [0, 0.1) is 10.1 Å². The summed E-state index contributed by atoms with van der Waals surface area (Å²) in [6.45, 7) is 2.30. The molecule has 0 unspecified atom stereocenters. The van der Waals surface area contributed by atoms with Crippen molar-refractivity contribution in [3.63, 3.8) is 0 Å². The number of anilines is 2. The minimum atomic E-state index is -0.520. The highest BCUT2D eigenvalue weighted by Gasteiger charge is 2.18. The van der Waals surface area contributed by atoms with Crippen molar-refractivity contribution in [2.24, 2.45) is 0 Å². The largest absolute Gasteiger partial charge is 0.375 e. The van der Waals surface area contributed by atoms with E-state index in [2.05, 4.69) is 10.6 Å². The Morgan fingerprint density at radius 3 is 2.47 bits per heavy atom. The van der Waals surface area contributed by atoms with Gasteiger partial charge in [0.2, 0.25) is 0 Å². The highest BCUT2D eigenvalue weighted by atomic mass is 35.5. The molecular weight excluding hydrogens is 425 g/mol. The number of benzene rings is 3. The molecule has 0 bridgehead atoms. The van der Waals surface area contributed by atoms with Gasteiger partial charge in [-0.3, -0.25) is 14.9 Å². The van der Waals surface area contributed by atoms with Crippen LogP contribution in [-0.2, 0) is 13.0 Å². The lowest BCUT2D eigenvalue weighted by atomic mass is 10.1. The molecule has 0 aromatic heterocycles. The summed E-state index contributed by atoms with van der Waals surface area (Å²) in [5, 5.41) is 18.2. The van der Waals surface area contributed by atoms with E-state index in [9.17, 15) is 14.9 Å². The van der Waals surface area contributed by atoms with Crippen molar-refractivity contribution in [1.82, 2.24) is 0 Å². The van der Waals surface area contributed by atoms with E-state index in [1.165, 1.54) is 12.1 Å². The van der Waals surface area contributed by atoms with Gasteiger partial charge in [-0.05, 0) is 47.9 Å². The zero-order chi connectivity index (χ0) is 21.7. The maximum absolute atomic E-state index is 12.6. The SMILES string of the molecule is CCc1ccccc1NC(=O)c1ccc(NCc2ccc(Cl)c(Cl)c2)c([N+](=O)[O-])c1. The molecule has 0 aliphatic rings.